The summed E-state index contributed by atoms with van der Waals surface area (Å²) in [5, 5.41) is 0. The van der Waals surface area contributed by atoms with Crippen LogP contribution in [-0.4, -0.2) is 73.0 Å². The number of nitrogens with one attached hydrogen (secondary N) is 1. The summed E-state index contributed by atoms with van der Waals surface area (Å²) >= 11 is 0. The van der Waals surface area contributed by atoms with Gasteiger partial charge in [0.05, 0.1) is 32.4 Å². The molecule has 0 aliphatic carbocycles. The Balaban J connectivity index is 1.94. The molecule has 31 heavy (non-hydrogen) atoms. The number of rotatable bonds is 8. The van der Waals surface area contributed by atoms with Crippen LogP contribution in [0.5, 0.6) is 0 Å². The van der Waals surface area contributed by atoms with E-state index in [1.165, 1.54) is 16.6 Å². The zero-order chi connectivity index (χ0) is 22.4. The van der Waals surface area contributed by atoms with Crippen molar-refractivity contribution < 1.29 is 14.3 Å². The largest absolute Gasteiger partial charge is 0.383 e. The van der Waals surface area contributed by atoms with Crippen molar-refractivity contribution >= 4 is 17.4 Å². The topological polar surface area (TPSA) is 123 Å². The van der Waals surface area contributed by atoms with Crippen molar-refractivity contribution in [2.75, 3.05) is 57.1 Å². The molecule has 0 spiro atoms. The number of carbonyl (C=O) groups excluding carboxylic acids is 1. The molecule has 1 unspecified atom stereocenters. The molecule has 1 aliphatic heterocycles. The van der Waals surface area contributed by atoms with E-state index in [4.69, 9.17) is 15.2 Å². The summed E-state index contributed by atoms with van der Waals surface area (Å²) in [6, 6.07) is 9.27. The van der Waals surface area contributed by atoms with Crippen molar-refractivity contribution in [1.82, 2.24) is 14.5 Å². The number of ether oxygens (including phenoxy) is 2. The summed E-state index contributed by atoms with van der Waals surface area (Å²) in [5.41, 5.74) is 5.74. The van der Waals surface area contributed by atoms with Gasteiger partial charge in [-0.2, -0.15) is 0 Å². The number of morpholine rings is 1. The second-order valence-electron chi connectivity index (χ2n) is 7.52. The second-order valence-corrected chi connectivity index (χ2v) is 7.52. The molecule has 1 fully saturated rings. The lowest BCUT2D eigenvalue weighted by atomic mass is 10.2. The first-order valence-corrected chi connectivity index (χ1v) is 10.2. The third-order valence-electron chi connectivity index (χ3n) is 5.17. The van der Waals surface area contributed by atoms with Gasteiger partial charge in [0.25, 0.3) is 5.56 Å². The van der Waals surface area contributed by atoms with Crippen LogP contribution in [0.3, 0.4) is 0 Å². The number of hydrogen-bond donors (Lipinski definition) is 2. The number of nitrogen functional groups attached to an aromatic ring is 1. The van der Waals surface area contributed by atoms with E-state index in [0.29, 0.717) is 19.7 Å². The van der Waals surface area contributed by atoms with E-state index in [1.807, 2.05) is 42.2 Å². The van der Waals surface area contributed by atoms with Crippen LogP contribution < -0.4 is 21.9 Å². The van der Waals surface area contributed by atoms with E-state index in [2.05, 4.69) is 4.98 Å². The smallest absolute Gasteiger partial charge is 0.330 e. The van der Waals surface area contributed by atoms with Crippen LogP contribution in [-0.2, 0) is 20.8 Å². The van der Waals surface area contributed by atoms with Crippen molar-refractivity contribution in [2.45, 2.75) is 19.6 Å². The number of aromatic nitrogens is 2. The second kappa shape index (κ2) is 10.4. The Bertz CT molecular complexity index is 1000. The van der Waals surface area contributed by atoms with E-state index in [9.17, 15) is 14.4 Å². The summed E-state index contributed by atoms with van der Waals surface area (Å²) in [6.07, 6.45) is 0.0234. The van der Waals surface area contributed by atoms with Gasteiger partial charge in [-0.1, -0.05) is 30.3 Å². The maximum Gasteiger partial charge on any atom is 0.330 e. The Hall–Kier alpha value is -2.95. The molecule has 1 aromatic heterocycles. The van der Waals surface area contributed by atoms with Crippen molar-refractivity contribution in [3.05, 3.63) is 56.7 Å². The molecule has 2 aromatic rings. The van der Waals surface area contributed by atoms with Crippen LogP contribution in [0.2, 0.25) is 0 Å². The molecule has 10 heteroatoms. The highest BCUT2D eigenvalue weighted by atomic mass is 16.5. The Morgan fingerprint density at radius 1 is 1.32 bits per heavy atom. The number of nitrogens with two attached hydrogens (primary N) is 1. The Labute approximate surface area is 180 Å². The summed E-state index contributed by atoms with van der Waals surface area (Å²) in [5.74, 6) is -0.356. The maximum atomic E-state index is 13.2. The Morgan fingerprint density at radius 3 is 2.74 bits per heavy atom. The first-order valence-electron chi connectivity index (χ1n) is 10.2. The SMILES string of the molecule is COCCN(C(=O)CN1CCOC(C)C1)c1c(N)n(Cc2ccccc2)c(=O)[nH]c1=O. The van der Waals surface area contributed by atoms with Crippen molar-refractivity contribution in [3.8, 4) is 0 Å². The highest BCUT2D eigenvalue weighted by Gasteiger charge is 2.27. The minimum absolute atomic E-state index is 0.0234. The van der Waals surface area contributed by atoms with Crippen LogP contribution >= 0.6 is 0 Å². The number of H-pyrrole nitrogens is 1. The Morgan fingerprint density at radius 2 is 2.06 bits per heavy atom. The number of hydrogen-bond acceptors (Lipinski definition) is 7. The summed E-state index contributed by atoms with van der Waals surface area (Å²) < 4.78 is 11.9. The molecule has 0 radical (unpaired) electrons. The molecule has 3 rings (SSSR count). The third-order valence-corrected chi connectivity index (χ3v) is 5.17. The van der Waals surface area contributed by atoms with E-state index in [1.54, 1.807) is 0 Å². The minimum Gasteiger partial charge on any atom is -0.383 e. The highest BCUT2D eigenvalue weighted by Crippen LogP contribution is 2.18. The molecule has 0 saturated carbocycles. The van der Waals surface area contributed by atoms with Crippen molar-refractivity contribution in [3.63, 3.8) is 0 Å². The van der Waals surface area contributed by atoms with Crippen LogP contribution in [0.15, 0.2) is 39.9 Å². The number of nitrogens with zero attached hydrogens (tertiary/aromatic N) is 3. The molecule has 2 heterocycles. The van der Waals surface area contributed by atoms with Gasteiger partial charge in [0.1, 0.15) is 5.82 Å². The molecule has 10 nitrogen and oxygen atoms in total. The number of carbonyl (C=O) groups is 1. The third kappa shape index (κ3) is 5.60. The molecular formula is C21H29N5O5. The average Bonchev–Trinajstić information content (AvgIpc) is 2.74. The van der Waals surface area contributed by atoms with Gasteiger partial charge in [0.15, 0.2) is 5.69 Å². The zero-order valence-electron chi connectivity index (χ0n) is 17.9. The predicted octanol–water partition coefficient (Wildman–Crippen LogP) is -0.133. The van der Waals surface area contributed by atoms with E-state index in [-0.39, 0.29) is 49.8 Å². The average molecular weight is 431 g/mol. The lowest BCUT2D eigenvalue weighted by molar-refractivity contribution is -0.121. The quantitative estimate of drug-likeness (QED) is 0.597. The van der Waals surface area contributed by atoms with Gasteiger partial charge in [-0.25, -0.2) is 4.79 Å². The molecular weight excluding hydrogens is 402 g/mol. The molecule has 1 amide bonds. The van der Waals surface area contributed by atoms with Crippen LogP contribution in [0.25, 0.3) is 0 Å². The lowest BCUT2D eigenvalue weighted by Gasteiger charge is -2.32. The van der Waals surface area contributed by atoms with Gasteiger partial charge >= 0.3 is 5.69 Å². The molecule has 1 aromatic carbocycles. The number of amides is 1. The monoisotopic (exact) mass is 431 g/mol. The summed E-state index contributed by atoms with van der Waals surface area (Å²) in [6.45, 7) is 4.33. The number of methoxy groups -OCH3 is 1. The molecule has 1 saturated heterocycles. The standard InChI is InChI=1S/C21H29N5O5/c1-15-12-24(8-11-31-15)14-17(27)25(9-10-30-2)18-19(22)26(21(29)23-20(18)28)13-16-6-4-3-5-7-16/h3-7,15H,8-14,22H2,1-2H3,(H,23,28,29). The maximum absolute atomic E-state index is 13.2. The minimum atomic E-state index is -0.702. The normalized spacial score (nSPS) is 16.9. The van der Waals surface area contributed by atoms with Crippen molar-refractivity contribution in [1.29, 1.82) is 0 Å². The van der Waals surface area contributed by atoms with Gasteiger partial charge in [-0.15, -0.1) is 0 Å². The van der Waals surface area contributed by atoms with Gasteiger partial charge in [0, 0.05) is 26.7 Å². The molecule has 1 atom stereocenters. The fourth-order valence-corrected chi connectivity index (χ4v) is 3.62. The molecule has 0 bridgehead atoms. The zero-order valence-corrected chi connectivity index (χ0v) is 17.9. The first kappa shape index (κ1) is 22.7. The van der Waals surface area contributed by atoms with Gasteiger partial charge in [-0.3, -0.25) is 24.0 Å². The van der Waals surface area contributed by atoms with Gasteiger partial charge in [-0.05, 0) is 12.5 Å². The fraction of sp³-hybridized carbons (Fsp3) is 0.476. The number of aromatic amines is 1. The lowest BCUT2D eigenvalue weighted by Crippen LogP contribution is -2.49. The number of benzene rings is 1. The highest BCUT2D eigenvalue weighted by molar-refractivity contribution is 5.96. The number of anilines is 2. The molecule has 3 N–H and O–H groups in total. The molecule has 1 aliphatic rings. The van der Waals surface area contributed by atoms with Crippen LogP contribution in [0, 0.1) is 0 Å². The van der Waals surface area contributed by atoms with Crippen molar-refractivity contribution in [2.24, 2.45) is 0 Å². The van der Waals surface area contributed by atoms with Crippen LogP contribution in [0.1, 0.15) is 12.5 Å². The first-order chi connectivity index (χ1) is 14.9. The van der Waals surface area contributed by atoms with E-state index >= 15 is 0 Å². The summed E-state index contributed by atoms with van der Waals surface area (Å²) in [4.78, 5) is 43.9. The predicted molar refractivity (Wildman–Crippen MR) is 117 cm³/mol. The fourth-order valence-electron chi connectivity index (χ4n) is 3.62. The van der Waals surface area contributed by atoms with E-state index in [0.717, 1.165) is 5.56 Å². The van der Waals surface area contributed by atoms with Gasteiger partial charge in [0.2, 0.25) is 5.91 Å². The summed E-state index contributed by atoms with van der Waals surface area (Å²) in [7, 11) is 1.51. The molecule has 168 valence electrons. The van der Waals surface area contributed by atoms with Gasteiger partial charge < -0.3 is 20.1 Å². The van der Waals surface area contributed by atoms with E-state index < -0.39 is 11.2 Å². The Kier molecular flexibility index (Phi) is 7.61. The van der Waals surface area contributed by atoms with Crippen LogP contribution in [0.4, 0.5) is 11.5 Å².